The molecule has 3 heterocycles. The normalized spacial score (nSPS) is 28.5. The average Bonchev–Trinajstić information content (AvgIpc) is 3.40. The first-order valence-corrected chi connectivity index (χ1v) is 10.8. The first-order chi connectivity index (χ1) is 13.8. The van der Waals surface area contributed by atoms with Gasteiger partial charge in [0, 0.05) is 36.3 Å². The van der Waals surface area contributed by atoms with Gasteiger partial charge in [-0.3, -0.25) is 0 Å². The molecule has 0 spiro atoms. The van der Waals surface area contributed by atoms with Gasteiger partial charge in [-0.1, -0.05) is 30.3 Å². The van der Waals surface area contributed by atoms with Crippen LogP contribution >= 0.6 is 0 Å². The van der Waals surface area contributed by atoms with E-state index in [0.717, 1.165) is 25.3 Å². The molecule has 2 fully saturated rings. The predicted molar refractivity (Wildman–Crippen MR) is 114 cm³/mol. The summed E-state index contributed by atoms with van der Waals surface area (Å²) in [7, 11) is 0. The van der Waals surface area contributed by atoms with Crippen molar-refractivity contribution >= 4 is 16.7 Å². The maximum atomic E-state index is 5.28. The molecule has 4 atom stereocenters. The van der Waals surface area contributed by atoms with E-state index in [1.165, 1.54) is 52.9 Å². The molecule has 2 aliphatic heterocycles. The van der Waals surface area contributed by atoms with Gasteiger partial charge in [0.2, 0.25) is 0 Å². The van der Waals surface area contributed by atoms with Crippen LogP contribution in [0.4, 0.5) is 5.69 Å². The summed E-state index contributed by atoms with van der Waals surface area (Å²) in [6, 6.07) is 17.1. The second-order valence-corrected chi connectivity index (χ2v) is 8.95. The first kappa shape index (κ1) is 16.6. The number of hydrogen-bond acceptors (Lipinski definition) is 3. The number of nitrogens with zero attached hydrogens (tertiary/aromatic N) is 2. The maximum absolute atomic E-state index is 5.28. The number of benzene rings is 2. The summed E-state index contributed by atoms with van der Waals surface area (Å²) in [5.41, 5.74) is 6.62. The smallest absolute Gasteiger partial charge is 0.114 e. The molecule has 1 aromatic heterocycles. The fraction of sp³-hybridized carbons (Fsp3) is 0.458. The molecule has 2 bridgehead atoms. The predicted octanol–water partition coefficient (Wildman–Crippen LogP) is 4.30. The largest absolute Gasteiger partial charge is 0.382 e. The van der Waals surface area contributed by atoms with Gasteiger partial charge < -0.3 is 15.2 Å². The third kappa shape index (κ3) is 2.51. The standard InChI is InChI=1S/C24H28N4/c1-15-7-9-18-19(26-15)11-12-21-23(18)27-22(13-16-5-3-2-4-6-16)28(21)24-17-8-10-20(24)25-14-17/h2-6,11-12,15,17,20,24-26H,7-10,13-14H2,1H3/t15-,17?,20?,24+/m0/s1. The average molecular weight is 373 g/mol. The van der Waals surface area contributed by atoms with Crippen LogP contribution < -0.4 is 10.6 Å². The van der Waals surface area contributed by atoms with Crippen molar-refractivity contribution < 1.29 is 0 Å². The van der Waals surface area contributed by atoms with Crippen molar-refractivity contribution in [3.8, 4) is 0 Å². The van der Waals surface area contributed by atoms with Crippen LogP contribution in [0.25, 0.3) is 11.0 Å². The van der Waals surface area contributed by atoms with E-state index in [1.54, 1.807) is 0 Å². The molecule has 0 amide bonds. The molecule has 2 unspecified atom stereocenters. The van der Waals surface area contributed by atoms with Crippen LogP contribution in [-0.4, -0.2) is 28.2 Å². The first-order valence-electron chi connectivity index (χ1n) is 10.8. The van der Waals surface area contributed by atoms with Crippen molar-refractivity contribution in [2.75, 3.05) is 11.9 Å². The van der Waals surface area contributed by atoms with Crippen LogP contribution in [-0.2, 0) is 12.8 Å². The van der Waals surface area contributed by atoms with Crippen molar-refractivity contribution in [2.45, 2.75) is 57.2 Å². The lowest BCUT2D eigenvalue weighted by molar-refractivity contribution is 0.435. The number of hydrogen-bond donors (Lipinski definition) is 2. The molecule has 1 saturated carbocycles. The van der Waals surface area contributed by atoms with E-state index >= 15 is 0 Å². The van der Waals surface area contributed by atoms with Crippen LogP contribution in [0.5, 0.6) is 0 Å². The Balaban J connectivity index is 1.53. The number of anilines is 1. The molecule has 2 aromatic carbocycles. The Bertz CT molecular complexity index is 1000. The summed E-state index contributed by atoms with van der Waals surface area (Å²) in [4.78, 5) is 5.28. The molecule has 4 heteroatoms. The zero-order valence-electron chi connectivity index (χ0n) is 16.5. The Morgan fingerprint density at radius 3 is 2.71 bits per heavy atom. The minimum Gasteiger partial charge on any atom is -0.382 e. The highest BCUT2D eigenvalue weighted by atomic mass is 15.2. The molecule has 2 N–H and O–H groups in total. The molecule has 4 nitrogen and oxygen atoms in total. The van der Waals surface area contributed by atoms with Crippen molar-refractivity contribution in [2.24, 2.45) is 5.92 Å². The highest BCUT2D eigenvalue weighted by molar-refractivity contribution is 5.86. The number of nitrogens with one attached hydrogen (secondary N) is 2. The van der Waals surface area contributed by atoms with Gasteiger partial charge >= 0.3 is 0 Å². The molecule has 1 saturated heterocycles. The lowest BCUT2D eigenvalue weighted by atomic mass is 9.97. The Morgan fingerprint density at radius 1 is 1.07 bits per heavy atom. The molecule has 1 aliphatic carbocycles. The summed E-state index contributed by atoms with van der Waals surface area (Å²) in [5.74, 6) is 1.98. The monoisotopic (exact) mass is 372 g/mol. The molecule has 3 aliphatic rings. The highest BCUT2D eigenvalue weighted by Crippen LogP contribution is 2.44. The van der Waals surface area contributed by atoms with Gasteiger partial charge in [0.05, 0.1) is 17.1 Å². The number of rotatable bonds is 3. The number of aromatic nitrogens is 2. The lowest BCUT2D eigenvalue weighted by Gasteiger charge is -2.25. The summed E-state index contributed by atoms with van der Waals surface area (Å²) in [5, 5.41) is 7.43. The van der Waals surface area contributed by atoms with Crippen molar-refractivity contribution in [1.82, 2.24) is 14.9 Å². The van der Waals surface area contributed by atoms with Crippen LogP contribution in [0, 0.1) is 5.92 Å². The van der Waals surface area contributed by atoms with E-state index in [1.807, 2.05) is 0 Å². The van der Waals surface area contributed by atoms with Gasteiger partial charge in [-0.2, -0.15) is 0 Å². The summed E-state index contributed by atoms with van der Waals surface area (Å²) in [6.45, 7) is 3.43. The molecule has 3 aromatic rings. The van der Waals surface area contributed by atoms with Crippen molar-refractivity contribution in [3.05, 3.63) is 59.4 Å². The Morgan fingerprint density at radius 2 is 1.96 bits per heavy atom. The van der Waals surface area contributed by atoms with E-state index < -0.39 is 0 Å². The minimum atomic E-state index is 0.547. The fourth-order valence-corrected chi connectivity index (χ4v) is 5.79. The number of aryl methyl sites for hydroxylation is 1. The third-order valence-corrected chi connectivity index (χ3v) is 7.16. The van der Waals surface area contributed by atoms with Crippen LogP contribution in [0.2, 0.25) is 0 Å². The lowest BCUT2D eigenvalue weighted by Crippen LogP contribution is -2.27. The second kappa shape index (κ2) is 6.35. The minimum absolute atomic E-state index is 0.547. The topological polar surface area (TPSA) is 41.9 Å². The molecule has 0 radical (unpaired) electrons. The van der Waals surface area contributed by atoms with Gasteiger partial charge in [0.15, 0.2) is 0 Å². The van der Waals surface area contributed by atoms with E-state index in [2.05, 4.69) is 64.6 Å². The van der Waals surface area contributed by atoms with Gasteiger partial charge in [0.25, 0.3) is 0 Å². The SMILES string of the molecule is C[C@H]1CCc2c(ccc3c2nc(Cc2ccccc2)n3[C@@H]2C3CCC2NC3)N1. The van der Waals surface area contributed by atoms with Gasteiger partial charge in [-0.15, -0.1) is 0 Å². The summed E-state index contributed by atoms with van der Waals surface area (Å²) < 4.78 is 2.61. The molecule has 144 valence electrons. The second-order valence-electron chi connectivity index (χ2n) is 8.95. The quantitative estimate of drug-likeness (QED) is 0.720. The van der Waals surface area contributed by atoms with E-state index in [-0.39, 0.29) is 0 Å². The van der Waals surface area contributed by atoms with E-state index in [4.69, 9.17) is 4.98 Å². The van der Waals surface area contributed by atoms with E-state index in [9.17, 15) is 0 Å². The van der Waals surface area contributed by atoms with Crippen molar-refractivity contribution in [1.29, 1.82) is 0 Å². The van der Waals surface area contributed by atoms with Crippen LogP contribution in [0.1, 0.15) is 49.2 Å². The van der Waals surface area contributed by atoms with Crippen LogP contribution in [0.15, 0.2) is 42.5 Å². The van der Waals surface area contributed by atoms with E-state index in [0.29, 0.717) is 18.1 Å². The van der Waals surface area contributed by atoms with Gasteiger partial charge in [-0.05, 0) is 56.2 Å². The molecular weight excluding hydrogens is 344 g/mol. The summed E-state index contributed by atoms with van der Waals surface area (Å²) >= 11 is 0. The fourth-order valence-electron chi connectivity index (χ4n) is 5.79. The Hall–Kier alpha value is -2.33. The molecular formula is C24H28N4. The van der Waals surface area contributed by atoms with Crippen molar-refractivity contribution in [3.63, 3.8) is 0 Å². The molecule has 28 heavy (non-hydrogen) atoms. The zero-order valence-corrected chi connectivity index (χ0v) is 16.5. The Labute approximate surface area is 166 Å². The number of piperidine rings is 1. The number of imidazole rings is 1. The summed E-state index contributed by atoms with van der Waals surface area (Å²) in [6.07, 6.45) is 5.85. The Kier molecular flexibility index (Phi) is 3.76. The third-order valence-electron chi connectivity index (χ3n) is 7.16. The van der Waals surface area contributed by atoms with Crippen LogP contribution in [0.3, 0.4) is 0 Å². The zero-order chi connectivity index (χ0) is 18.7. The maximum Gasteiger partial charge on any atom is 0.114 e. The molecule has 6 rings (SSSR count). The number of fused-ring (bicyclic) bond motifs is 5. The highest BCUT2D eigenvalue weighted by Gasteiger charge is 2.44. The van der Waals surface area contributed by atoms with Gasteiger partial charge in [-0.25, -0.2) is 4.98 Å². The van der Waals surface area contributed by atoms with Gasteiger partial charge in [0.1, 0.15) is 5.82 Å².